The topological polar surface area (TPSA) is 89.0 Å². The number of anilines is 1. The highest BCUT2D eigenvalue weighted by Gasteiger charge is 2.22. The smallest absolute Gasteiger partial charge is 0.236 e. The quantitative estimate of drug-likeness (QED) is 0.769. The average Bonchev–Trinajstić information content (AvgIpc) is 2.15. The highest BCUT2D eigenvalue weighted by Crippen LogP contribution is 2.18. The van der Waals surface area contributed by atoms with Crippen molar-refractivity contribution in [3.05, 3.63) is 18.0 Å². The molecular weight excluding hydrogens is 230 g/mol. The van der Waals surface area contributed by atoms with E-state index >= 15 is 0 Å². The molecule has 1 aromatic rings. The summed E-state index contributed by atoms with van der Waals surface area (Å²) in [6.45, 7) is 3.37. The van der Waals surface area contributed by atoms with Gasteiger partial charge < -0.3 is 4.79 Å². The van der Waals surface area contributed by atoms with Gasteiger partial charge in [0.05, 0.1) is 17.4 Å². The first-order valence-corrected chi connectivity index (χ1v) is 6.41. The standard InChI is InChI=1S/C9H13N3O3S/c1-9(2,6-13)7-4-5-10-8(11-7)12-16(3,14)15/h4-6H,1-3H3,(H,10,11,12). The number of nitrogens with zero attached hydrogens (tertiary/aromatic N) is 2. The van der Waals surface area contributed by atoms with Gasteiger partial charge in [-0.15, -0.1) is 0 Å². The number of nitrogens with one attached hydrogen (secondary N) is 1. The molecule has 1 aromatic heterocycles. The predicted molar refractivity (Wildman–Crippen MR) is 59.6 cm³/mol. The van der Waals surface area contributed by atoms with E-state index in [0.717, 1.165) is 12.5 Å². The van der Waals surface area contributed by atoms with Crippen LogP contribution in [0.3, 0.4) is 0 Å². The summed E-state index contributed by atoms with van der Waals surface area (Å²) >= 11 is 0. The summed E-state index contributed by atoms with van der Waals surface area (Å²) in [4.78, 5) is 18.5. The fourth-order valence-corrected chi connectivity index (χ4v) is 1.42. The molecule has 1 N–H and O–H groups in total. The van der Waals surface area contributed by atoms with Crippen molar-refractivity contribution in [3.8, 4) is 0 Å². The largest absolute Gasteiger partial charge is 0.302 e. The van der Waals surface area contributed by atoms with Gasteiger partial charge in [0.1, 0.15) is 6.29 Å². The Hall–Kier alpha value is -1.50. The van der Waals surface area contributed by atoms with E-state index in [9.17, 15) is 13.2 Å². The van der Waals surface area contributed by atoms with Crippen LogP contribution in [0.15, 0.2) is 12.3 Å². The van der Waals surface area contributed by atoms with E-state index in [1.165, 1.54) is 6.20 Å². The third-order valence-electron chi connectivity index (χ3n) is 1.89. The van der Waals surface area contributed by atoms with Crippen molar-refractivity contribution in [3.63, 3.8) is 0 Å². The summed E-state index contributed by atoms with van der Waals surface area (Å²) in [5.41, 5.74) is -0.305. The Bertz CT molecular complexity index is 496. The number of sulfonamides is 1. The first-order chi connectivity index (χ1) is 7.24. The molecule has 1 heterocycles. The fraction of sp³-hybridized carbons (Fsp3) is 0.444. The molecule has 1 rings (SSSR count). The Kier molecular flexibility index (Phi) is 3.27. The lowest BCUT2D eigenvalue weighted by Gasteiger charge is -2.16. The van der Waals surface area contributed by atoms with Crippen molar-refractivity contribution in [2.24, 2.45) is 0 Å². The van der Waals surface area contributed by atoms with E-state index in [1.54, 1.807) is 19.9 Å². The molecule has 0 radical (unpaired) electrons. The number of carbonyl (C=O) groups is 1. The Morgan fingerprint density at radius 2 is 2.06 bits per heavy atom. The fourth-order valence-electron chi connectivity index (χ4n) is 0.993. The highest BCUT2D eigenvalue weighted by molar-refractivity contribution is 7.91. The van der Waals surface area contributed by atoms with Gasteiger partial charge in [0.25, 0.3) is 0 Å². The maximum absolute atomic E-state index is 11.0. The maximum Gasteiger partial charge on any atom is 0.236 e. The number of rotatable bonds is 4. The molecule has 6 nitrogen and oxygen atoms in total. The summed E-state index contributed by atoms with van der Waals surface area (Å²) in [6.07, 6.45) is 3.16. The van der Waals surface area contributed by atoms with Gasteiger partial charge in [0.15, 0.2) is 0 Å². The number of aromatic nitrogens is 2. The van der Waals surface area contributed by atoms with Crippen molar-refractivity contribution in [1.82, 2.24) is 9.97 Å². The Morgan fingerprint density at radius 1 is 1.44 bits per heavy atom. The van der Waals surface area contributed by atoms with Gasteiger partial charge in [0, 0.05) is 6.20 Å². The molecular formula is C9H13N3O3S. The van der Waals surface area contributed by atoms with E-state index in [-0.39, 0.29) is 5.95 Å². The van der Waals surface area contributed by atoms with Crippen LogP contribution in [-0.4, -0.2) is 30.9 Å². The molecule has 16 heavy (non-hydrogen) atoms. The van der Waals surface area contributed by atoms with Crippen LogP contribution in [-0.2, 0) is 20.2 Å². The van der Waals surface area contributed by atoms with Crippen LogP contribution < -0.4 is 4.72 Å². The zero-order valence-electron chi connectivity index (χ0n) is 9.26. The van der Waals surface area contributed by atoms with Gasteiger partial charge in [-0.25, -0.2) is 18.4 Å². The van der Waals surface area contributed by atoms with Crippen molar-refractivity contribution < 1.29 is 13.2 Å². The molecule has 0 spiro atoms. The molecule has 0 aliphatic carbocycles. The SMILES string of the molecule is CC(C)(C=O)c1ccnc(NS(C)(=O)=O)n1. The Balaban J connectivity index is 3.10. The van der Waals surface area contributed by atoms with Crippen LogP contribution >= 0.6 is 0 Å². The molecule has 0 aliphatic rings. The molecule has 0 aliphatic heterocycles. The van der Waals surface area contributed by atoms with E-state index in [4.69, 9.17) is 0 Å². The summed E-state index contributed by atoms with van der Waals surface area (Å²) in [5, 5.41) is 0. The first kappa shape index (κ1) is 12.6. The van der Waals surface area contributed by atoms with Gasteiger partial charge >= 0.3 is 0 Å². The van der Waals surface area contributed by atoms with Gasteiger partial charge in [-0.2, -0.15) is 0 Å². The second kappa shape index (κ2) is 4.17. The van der Waals surface area contributed by atoms with E-state index in [2.05, 4.69) is 14.7 Å². The minimum Gasteiger partial charge on any atom is -0.302 e. The van der Waals surface area contributed by atoms with Gasteiger partial charge in [-0.05, 0) is 19.9 Å². The van der Waals surface area contributed by atoms with Crippen LogP contribution in [0.4, 0.5) is 5.95 Å². The second-order valence-electron chi connectivity index (χ2n) is 3.98. The lowest BCUT2D eigenvalue weighted by Crippen LogP contribution is -2.22. The molecule has 0 aromatic carbocycles. The molecule has 0 saturated heterocycles. The monoisotopic (exact) mass is 243 g/mol. The van der Waals surface area contributed by atoms with Crippen LogP contribution in [0, 0.1) is 0 Å². The van der Waals surface area contributed by atoms with E-state index < -0.39 is 15.4 Å². The molecule has 0 fully saturated rings. The molecule has 0 bridgehead atoms. The van der Waals surface area contributed by atoms with Crippen LogP contribution in [0.5, 0.6) is 0 Å². The summed E-state index contributed by atoms with van der Waals surface area (Å²) in [6, 6.07) is 1.57. The lowest BCUT2D eigenvalue weighted by atomic mass is 9.91. The highest BCUT2D eigenvalue weighted by atomic mass is 32.2. The molecule has 88 valence electrons. The summed E-state index contributed by atoms with van der Waals surface area (Å²) in [7, 11) is -3.41. The van der Waals surface area contributed by atoms with Crippen molar-refractivity contribution in [2.45, 2.75) is 19.3 Å². The summed E-state index contributed by atoms with van der Waals surface area (Å²) < 4.78 is 24.1. The lowest BCUT2D eigenvalue weighted by molar-refractivity contribution is -0.111. The van der Waals surface area contributed by atoms with Crippen LogP contribution in [0.25, 0.3) is 0 Å². The zero-order valence-corrected chi connectivity index (χ0v) is 10.1. The number of hydrogen-bond donors (Lipinski definition) is 1. The Labute approximate surface area is 94.2 Å². The van der Waals surface area contributed by atoms with Crippen LogP contribution in [0.1, 0.15) is 19.5 Å². The molecule has 0 atom stereocenters. The molecule has 0 amide bonds. The third kappa shape index (κ3) is 3.27. The zero-order chi connectivity index (χ0) is 12.4. The second-order valence-corrected chi connectivity index (χ2v) is 5.73. The molecule has 0 unspecified atom stereocenters. The third-order valence-corrected chi connectivity index (χ3v) is 2.44. The average molecular weight is 243 g/mol. The van der Waals surface area contributed by atoms with Gasteiger partial charge in [-0.1, -0.05) is 0 Å². The normalized spacial score (nSPS) is 12.2. The van der Waals surface area contributed by atoms with Crippen molar-refractivity contribution in [2.75, 3.05) is 11.0 Å². The summed E-state index contributed by atoms with van der Waals surface area (Å²) in [5.74, 6) is -0.0325. The predicted octanol–water partition coefficient (Wildman–Crippen LogP) is 0.325. The Morgan fingerprint density at radius 3 is 2.56 bits per heavy atom. The molecule has 7 heteroatoms. The van der Waals surface area contributed by atoms with E-state index in [0.29, 0.717) is 5.69 Å². The van der Waals surface area contributed by atoms with Crippen molar-refractivity contribution in [1.29, 1.82) is 0 Å². The number of aldehydes is 1. The van der Waals surface area contributed by atoms with Crippen molar-refractivity contribution >= 4 is 22.3 Å². The minimum absolute atomic E-state index is 0.0325. The molecule has 0 saturated carbocycles. The van der Waals surface area contributed by atoms with Crippen LogP contribution in [0.2, 0.25) is 0 Å². The van der Waals surface area contributed by atoms with Gasteiger partial charge in [0.2, 0.25) is 16.0 Å². The maximum atomic E-state index is 11.0. The van der Waals surface area contributed by atoms with E-state index in [1.807, 2.05) is 0 Å². The number of hydrogen-bond acceptors (Lipinski definition) is 5. The van der Waals surface area contributed by atoms with Gasteiger partial charge in [-0.3, -0.25) is 4.72 Å². The number of carbonyl (C=O) groups excluding carboxylic acids is 1. The minimum atomic E-state index is -3.41. The first-order valence-electron chi connectivity index (χ1n) is 4.52.